The summed E-state index contributed by atoms with van der Waals surface area (Å²) in [4.78, 5) is 14.4. The second kappa shape index (κ2) is 6.33. The highest BCUT2D eigenvalue weighted by Crippen LogP contribution is 2.31. The number of carbonyl (C=O) groups is 1. The van der Waals surface area contributed by atoms with E-state index in [2.05, 4.69) is 12.2 Å². The van der Waals surface area contributed by atoms with Gasteiger partial charge in [-0.3, -0.25) is 4.79 Å². The Morgan fingerprint density at radius 1 is 1.30 bits per heavy atom. The fraction of sp³-hybridized carbons (Fsp3) is 0.533. The summed E-state index contributed by atoms with van der Waals surface area (Å²) in [5.74, 6) is 0.199. The molecule has 20 heavy (non-hydrogen) atoms. The van der Waals surface area contributed by atoms with Crippen LogP contribution in [0.5, 0.6) is 0 Å². The molecule has 1 saturated heterocycles. The maximum absolute atomic E-state index is 12.6. The van der Waals surface area contributed by atoms with Crippen LogP contribution in [0, 0.1) is 5.41 Å². The number of rotatable bonds is 3. The Morgan fingerprint density at radius 2 is 1.95 bits per heavy atom. The number of piperidine rings is 1. The van der Waals surface area contributed by atoms with E-state index in [1.807, 2.05) is 19.2 Å². The molecule has 1 aliphatic heterocycles. The lowest BCUT2D eigenvalue weighted by Crippen LogP contribution is -2.46. The molecule has 1 N–H and O–H groups in total. The minimum Gasteiger partial charge on any atom is -0.341 e. The SMILES string of the molecule is CN(Cc1ccc(Cl)c(Cl)c1)C(=O)C1(C)CCNCC1. The van der Waals surface area contributed by atoms with Gasteiger partial charge in [-0.2, -0.15) is 0 Å². The van der Waals surface area contributed by atoms with Crippen molar-refractivity contribution < 1.29 is 4.79 Å². The van der Waals surface area contributed by atoms with E-state index in [0.29, 0.717) is 16.6 Å². The Hall–Kier alpha value is -0.770. The smallest absolute Gasteiger partial charge is 0.228 e. The first-order valence-corrected chi connectivity index (χ1v) is 7.58. The van der Waals surface area contributed by atoms with Gasteiger partial charge in [-0.1, -0.05) is 36.2 Å². The Labute approximate surface area is 130 Å². The zero-order valence-electron chi connectivity index (χ0n) is 11.9. The van der Waals surface area contributed by atoms with Gasteiger partial charge in [0.2, 0.25) is 5.91 Å². The molecular weight excluding hydrogens is 295 g/mol. The van der Waals surface area contributed by atoms with Crippen LogP contribution in [0.3, 0.4) is 0 Å². The number of nitrogens with one attached hydrogen (secondary N) is 1. The zero-order valence-corrected chi connectivity index (χ0v) is 13.4. The van der Waals surface area contributed by atoms with E-state index in [-0.39, 0.29) is 11.3 Å². The van der Waals surface area contributed by atoms with Crippen LogP contribution < -0.4 is 5.32 Å². The molecule has 0 aliphatic carbocycles. The number of carbonyl (C=O) groups excluding carboxylic acids is 1. The highest BCUT2D eigenvalue weighted by Gasteiger charge is 2.36. The van der Waals surface area contributed by atoms with Crippen molar-refractivity contribution in [3.8, 4) is 0 Å². The van der Waals surface area contributed by atoms with Gasteiger partial charge in [-0.15, -0.1) is 0 Å². The van der Waals surface area contributed by atoms with E-state index in [4.69, 9.17) is 23.2 Å². The summed E-state index contributed by atoms with van der Waals surface area (Å²) in [6.07, 6.45) is 1.77. The second-order valence-corrected chi connectivity index (χ2v) is 6.53. The summed E-state index contributed by atoms with van der Waals surface area (Å²) < 4.78 is 0. The van der Waals surface area contributed by atoms with Crippen LogP contribution in [-0.4, -0.2) is 30.9 Å². The van der Waals surface area contributed by atoms with Crippen molar-refractivity contribution in [1.29, 1.82) is 0 Å². The van der Waals surface area contributed by atoms with Crippen molar-refractivity contribution in [3.63, 3.8) is 0 Å². The summed E-state index contributed by atoms with van der Waals surface area (Å²) in [5.41, 5.74) is 0.740. The van der Waals surface area contributed by atoms with E-state index in [1.54, 1.807) is 11.0 Å². The number of halogens is 2. The van der Waals surface area contributed by atoms with Crippen molar-refractivity contribution in [1.82, 2.24) is 10.2 Å². The first-order chi connectivity index (χ1) is 9.42. The van der Waals surface area contributed by atoms with Crippen molar-refractivity contribution >= 4 is 29.1 Å². The number of nitrogens with zero attached hydrogens (tertiary/aromatic N) is 1. The molecule has 0 spiro atoms. The molecule has 0 saturated carbocycles. The Balaban J connectivity index is 2.05. The molecule has 0 unspecified atom stereocenters. The van der Waals surface area contributed by atoms with Crippen molar-refractivity contribution in [2.24, 2.45) is 5.41 Å². The maximum atomic E-state index is 12.6. The van der Waals surface area contributed by atoms with Gasteiger partial charge in [0.15, 0.2) is 0 Å². The molecule has 1 aromatic rings. The van der Waals surface area contributed by atoms with Gasteiger partial charge in [0, 0.05) is 19.0 Å². The third-order valence-corrected chi connectivity index (χ3v) is 4.71. The predicted octanol–water partition coefficient (Wildman–Crippen LogP) is 3.34. The number of amides is 1. The summed E-state index contributed by atoms with van der Waals surface area (Å²) >= 11 is 11.9. The Kier molecular flexibility index (Phi) is 4.95. The second-order valence-electron chi connectivity index (χ2n) is 5.72. The molecule has 0 aromatic heterocycles. The summed E-state index contributed by atoms with van der Waals surface area (Å²) in [7, 11) is 1.85. The first-order valence-electron chi connectivity index (χ1n) is 6.82. The average Bonchev–Trinajstić information content (AvgIpc) is 2.43. The maximum Gasteiger partial charge on any atom is 0.228 e. The molecule has 0 radical (unpaired) electrons. The molecule has 1 heterocycles. The number of hydrogen-bond donors (Lipinski definition) is 1. The van der Waals surface area contributed by atoms with Crippen LogP contribution in [0.15, 0.2) is 18.2 Å². The highest BCUT2D eigenvalue weighted by molar-refractivity contribution is 6.42. The van der Waals surface area contributed by atoms with Gasteiger partial charge < -0.3 is 10.2 Å². The molecule has 1 amide bonds. The van der Waals surface area contributed by atoms with Gasteiger partial charge in [-0.05, 0) is 43.6 Å². The van der Waals surface area contributed by atoms with Crippen molar-refractivity contribution in [2.75, 3.05) is 20.1 Å². The quantitative estimate of drug-likeness (QED) is 0.928. The Morgan fingerprint density at radius 3 is 2.55 bits per heavy atom. The monoisotopic (exact) mass is 314 g/mol. The van der Waals surface area contributed by atoms with E-state index in [1.165, 1.54) is 0 Å². The fourth-order valence-electron chi connectivity index (χ4n) is 2.64. The third kappa shape index (κ3) is 3.46. The Bertz CT molecular complexity index is 499. The standard InChI is InChI=1S/C15H20Cl2N2O/c1-15(5-7-18-8-6-15)14(20)19(2)10-11-3-4-12(16)13(17)9-11/h3-4,9,18H,5-8,10H2,1-2H3. The first kappa shape index (κ1) is 15.6. The molecule has 110 valence electrons. The molecule has 2 rings (SSSR count). The van der Waals surface area contributed by atoms with Crippen LogP contribution in [-0.2, 0) is 11.3 Å². The van der Waals surface area contributed by atoms with E-state index < -0.39 is 0 Å². The van der Waals surface area contributed by atoms with Crippen molar-refractivity contribution in [3.05, 3.63) is 33.8 Å². The van der Waals surface area contributed by atoms with Gasteiger partial charge in [0.05, 0.1) is 10.0 Å². The minimum atomic E-state index is -0.254. The summed E-state index contributed by atoms with van der Waals surface area (Å²) in [6.45, 7) is 4.42. The van der Waals surface area contributed by atoms with Crippen molar-refractivity contribution in [2.45, 2.75) is 26.3 Å². The van der Waals surface area contributed by atoms with E-state index >= 15 is 0 Å². The molecule has 1 fully saturated rings. The van der Waals surface area contributed by atoms with E-state index in [9.17, 15) is 4.79 Å². The lowest BCUT2D eigenvalue weighted by atomic mass is 9.79. The number of benzene rings is 1. The molecule has 3 nitrogen and oxygen atoms in total. The summed E-state index contributed by atoms with van der Waals surface area (Å²) in [6, 6.07) is 5.49. The van der Waals surface area contributed by atoms with Gasteiger partial charge >= 0.3 is 0 Å². The molecular formula is C15H20Cl2N2O. The number of hydrogen-bond acceptors (Lipinski definition) is 2. The lowest BCUT2D eigenvalue weighted by molar-refractivity contribution is -0.141. The molecule has 1 aromatic carbocycles. The minimum absolute atomic E-state index is 0.199. The highest BCUT2D eigenvalue weighted by atomic mass is 35.5. The van der Waals surface area contributed by atoms with Crippen LogP contribution in [0.25, 0.3) is 0 Å². The van der Waals surface area contributed by atoms with Crippen LogP contribution >= 0.6 is 23.2 Å². The zero-order chi connectivity index (χ0) is 14.8. The average molecular weight is 315 g/mol. The largest absolute Gasteiger partial charge is 0.341 e. The van der Waals surface area contributed by atoms with Gasteiger partial charge in [-0.25, -0.2) is 0 Å². The predicted molar refractivity (Wildman–Crippen MR) is 83.1 cm³/mol. The third-order valence-electron chi connectivity index (χ3n) is 3.97. The molecule has 1 aliphatic rings. The topological polar surface area (TPSA) is 32.3 Å². The van der Waals surface area contributed by atoms with Gasteiger partial charge in [0.1, 0.15) is 0 Å². The fourth-order valence-corrected chi connectivity index (χ4v) is 2.96. The van der Waals surface area contributed by atoms with Crippen LogP contribution in [0.2, 0.25) is 10.0 Å². The molecule has 0 atom stereocenters. The van der Waals surface area contributed by atoms with E-state index in [0.717, 1.165) is 31.5 Å². The lowest BCUT2D eigenvalue weighted by Gasteiger charge is -2.36. The van der Waals surface area contributed by atoms with Crippen LogP contribution in [0.4, 0.5) is 0 Å². The van der Waals surface area contributed by atoms with Gasteiger partial charge in [0.25, 0.3) is 0 Å². The normalized spacial score (nSPS) is 17.8. The summed E-state index contributed by atoms with van der Waals surface area (Å²) in [5, 5.41) is 4.36. The molecule has 5 heteroatoms. The molecule has 0 bridgehead atoms. The van der Waals surface area contributed by atoms with Crippen LogP contribution in [0.1, 0.15) is 25.3 Å².